The number of nitrogens with one attached hydrogen (secondary N) is 1. The summed E-state index contributed by atoms with van der Waals surface area (Å²) in [6.07, 6.45) is 1.62. The molecule has 1 aromatic carbocycles. The predicted molar refractivity (Wildman–Crippen MR) is 69.9 cm³/mol. The largest absolute Gasteiger partial charge is 0.486 e. The SMILES string of the molecule is NC(=S)Nc1ccc(OCc2ccco2)cc1. The maximum absolute atomic E-state index is 5.52. The fourth-order valence-corrected chi connectivity index (χ4v) is 1.44. The molecule has 3 N–H and O–H groups in total. The number of hydrogen-bond acceptors (Lipinski definition) is 3. The number of nitrogens with two attached hydrogens (primary N) is 1. The van der Waals surface area contributed by atoms with Crippen LogP contribution in [0, 0.1) is 0 Å². The van der Waals surface area contributed by atoms with Crippen LogP contribution in [0.5, 0.6) is 5.75 Å². The van der Waals surface area contributed by atoms with Crippen molar-refractivity contribution in [2.75, 3.05) is 5.32 Å². The highest BCUT2D eigenvalue weighted by molar-refractivity contribution is 7.80. The lowest BCUT2D eigenvalue weighted by molar-refractivity contribution is 0.270. The van der Waals surface area contributed by atoms with Crippen LogP contribution in [0.4, 0.5) is 5.69 Å². The number of rotatable bonds is 4. The van der Waals surface area contributed by atoms with Crippen LogP contribution in [-0.2, 0) is 6.61 Å². The van der Waals surface area contributed by atoms with Gasteiger partial charge >= 0.3 is 0 Å². The third-order valence-electron chi connectivity index (χ3n) is 2.08. The van der Waals surface area contributed by atoms with Crippen LogP contribution in [0.1, 0.15) is 5.76 Å². The summed E-state index contributed by atoms with van der Waals surface area (Å²) in [6, 6.07) is 11.1. The van der Waals surface area contributed by atoms with Crippen LogP contribution in [-0.4, -0.2) is 5.11 Å². The van der Waals surface area contributed by atoms with Crippen molar-refractivity contribution in [3.8, 4) is 5.75 Å². The molecule has 0 saturated heterocycles. The molecule has 2 aromatic rings. The summed E-state index contributed by atoms with van der Waals surface area (Å²) in [4.78, 5) is 0. The lowest BCUT2D eigenvalue weighted by Crippen LogP contribution is -2.18. The van der Waals surface area contributed by atoms with Gasteiger partial charge in [-0.3, -0.25) is 0 Å². The molecule has 0 aliphatic heterocycles. The van der Waals surface area contributed by atoms with Gasteiger partial charge in [-0.05, 0) is 48.6 Å². The van der Waals surface area contributed by atoms with Crippen molar-refractivity contribution < 1.29 is 9.15 Å². The molecular weight excluding hydrogens is 236 g/mol. The first kappa shape index (κ1) is 11.5. The summed E-state index contributed by atoms with van der Waals surface area (Å²) in [5.41, 5.74) is 6.20. The number of furan rings is 1. The average Bonchev–Trinajstić information content (AvgIpc) is 2.80. The molecule has 0 bridgehead atoms. The highest BCUT2D eigenvalue weighted by Gasteiger charge is 1.98. The zero-order chi connectivity index (χ0) is 12.1. The fourth-order valence-electron chi connectivity index (χ4n) is 1.33. The molecule has 0 fully saturated rings. The smallest absolute Gasteiger partial charge is 0.168 e. The van der Waals surface area contributed by atoms with E-state index in [1.807, 2.05) is 36.4 Å². The van der Waals surface area contributed by atoms with Gasteiger partial charge in [0.25, 0.3) is 0 Å². The van der Waals surface area contributed by atoms with E-state index in [2.05, 4.69) is 5.32 Å². The molecule has 0 aliphatic carbocycles. The highest BCUT2D eigenvalue weighted by atomic mass is 32.1. The number of anilines is 1. The Hall–Kier alpha value is -2.01. The molecule has 0 atom stereocenters. The molecule has 1 aromatic heterocycles. The Bertz CT molecular complexity index is 480. The second-order valence-corrected chi connectivity index (χ2v) is 3.82. The number of benzene rings is 1. The van der Waals surface area contributed by atoms with E-state index in [1.54, 1.807) is 6.26 Å². The van der Waals surface area contributed by atoms with E-state index in [0.717, 1.165) is 17.2 Å². The van der Waals surface area contributed by atoms with Gasteiger partial charge in [-0.2, -0.15) is 0 Å². The first-order valence-corrected chi connectivity index (χ1v) is 5.46. The molecule has 0 unspecified atom stereocenters. The lowest BCUT2D eigenvalue weighted by atomic mass is 10.3. The van der Waals surface area contributed by atoms with Crippen molar-refractivity contribution in [1.82, 2.24) is 0 Å². The average molecular weight is 248 g/mol. The Morgan fingerprint density at radius 1 is 1.29 bits per heavy atom. The maximum atomic E-state index is 5.52. The van der Waals surface area contributed by atoms with Gasteiger partial charge in [-0.1, -0.05) is 0 Å². The molecule has 0 spiro atoms. The van der Waals surface area contributed by atoms with Gasteiger partial charge < -0.3 is 20.2 Å². The van der Waals surface area contributed by atoms with E-state index in [0.29, 0.717) is 6.61 Å². The molecule has 0 saturated carbocycles. The molecule has 4 nitrogen and oxygen atoms in total. The van der Waals surface area contributed by atoms with Gasteiger partial charge in [0.05, 0.1) is 6.26 Å². The molecule has 88 valence electrons. The number of ether oxygens (including phenoxy) is 1. The van der Waals surface area contributed by atoms with Crippen molar-refractivity contribution in [1.29, 1.82) is 0 Å². The molecule has 2 rings (SSSR count). The standard InChI is InChI=1S/C12H12N2O2S/c13-12(17)14-9-3-5-10(6-4-9)16-8-11-2-1-7-15-11/h1-7H,8H2,(H3,13,14,17). The van der Waals surface area contributed by atoms with E-state index < -0.39 is 0 Å². The molecule has 0 aliphatic rings. The topological polar surface area (TPSA) is 60.4 Å². The van der Waals surface area contributed by atoms with Crippen molar-refractivity contribution in [2.45, 2.75) is 6.61 Å². The molecule has 17 heavy (non-hydrogen) atoms. The third-order valence-corrected chi connectivity index (χ3v) is 2.19. The van der Waals surface area contributed by atoms with Crippen LogP contribution in [0.2, 0.25) is 0 Å². The van der Waals surface area contributed by atoms with Crippen molar-refractivity contribution in [2.24, 2.45) is 5.73 Å². The highest BCUT2D eigenvalue weighted by Crippen LogP contribution is 2.17. The Kier molecular flexibility index (Phi) is 3.62. The zero-order valence-electron chi connectivity index (χ0n) is 9.05. The molecule has 5 heteroatoms. The minimum atomic E-state index is 0.245. The second-order valence-electron chi connectivity index (χ2n) is 3.38. The number of hydrogen-bond donors (Lipinski definition) is 2. The van der Waals surface area contributed by atoms with Crippen LogP contribution in [0.25, 0.3) is 0 Å². The van der Waals surface area contributed by atoms with Gasteiger partial charge in [-0.15, -0.1) is 0 Å². The quantitative estimate of drug-likeness (QED) is 0.814. The minimum Gasteiger partial charge on any atom is -0.486 e. The summed E-state index contributed by atoms with van der Waals surface area (Å²) >= 11 is 4.74. The molecule has 1 heterocycles. The minimum absolute atomic E-state index is 0.245. The van der Waals surface area contributed by atoms with Crippen molar-refractivity contribution >= 4 is 23.0 Å². The van der Waals surface area contributed by atoms with Crippen molar-refractivity contribution in [3.63, 3.8) is 0 Å². The monoisotopic (exact) mass is 248 g/mol. The van der Waals surface area contributed by atoms with Crippen LogP contribution in [0.15, 0.2) is 47.1 Å². The normalized spacial score (nSPS) is 9.88. The molecule has 0 amide bonds. The Morgan fingerprint density at radius 2 is 2.06 bits per heavy atom. The first-order chi connectivity index (χ1) is 8.24. The van der Waals surface area contributed by atoms with Gasteiger partial charge in [0, 0.05) is 5.69 Å². The Labute approximate surface area is 104 Å². The summed E-state index contributed by atoms with van der Waals surface area (Å²) in [6.45, 7) is 0.412. The van der Waals surface area contributed by atoms with E-state index in [-0.39, 0.29) is 5.11 Å². The second kappa shape index (κ2) is 5.36. The van der Waals surface area contributed by atoms with Crippen LogP contribution < -0.4 is 15.8 Å². The van der Waals surface area contributed by atoms with Gasteiger partial charge in [0.15, 0.2) is 5.11 Å². The fraction of sp³-hybridized carbons (Fsp3) is 0.0833. The van der Waals surface area contributed by atoms with Crippen LogP contribution in [0.3, 0.4) is 0 Å². The lowest BCUT2D eigenvalue weighted by Gasteiger charge is -2.06. The Balaban J connectivity index is 1.91. The van der Waals surface area contributed by atoms with E-state index in [4.69, 9.17) is 27.1 Å². The number of thiocarbonyl (C=S) groups is 1. The van der Waals surface area contributed by atoms with E-state index in [1.165, 1.54) is 0 Å². The summed E-state index contributed by atoms with van der Waals surface area (Å²) in [5, 5.41) is 3.08. The summed E-state index contributed by atoms with van der Waals surface area (Å²) in [5.74, 6) is 1.55. The summed E-state index contributed by atoms with van der Waals surface area (Å²) in [7, 11) is 0. The molecular formula is C12H12N2O2S. The maximum Gasteiger partial charge on any atom is 0.168 e. The van der Waals surface area contributed by atoms with Crippen LogP contribution >= 0.6 is 12.2 Å². The van der Waals surface area contributed by atoms with Crippen molar-refractivity contribution in [3.05, 3.63) is 48.4 Å². The van der Waals surface area contributed by atoms with Gasteiger partial charge in [0.2, 0.25) is 0 Å². The Morgan fingerprint density at radius 3 is 2.65 bits per heavy atom. The van der Waals surface area contributed by atoms with Gasteiger partial charge in [-0.25, -0.2) is 0 Å². The first-order valence-electron chi connectivity index (χ1n) is 5.06. The third kappa shape index (κ3) is 3.49. The molecule has 0 radical (unpaired) electrons. The predicted octanol–water partition coefficient (Wildman–Crippen LogP) is 2.51. The summed E-state index contributed by atoms with van der Waals surface area (Å²) < 4.78 is 10.7. The van der Waals surface area contributed by atoms with Gasteiger partial charge in [0.1, 0.15) is 18.1 Å². The van der Waals surface area contributed by atoms with E-state index >= 15 is 0 Å². The zero-order valence-corrected chi connectivity index (χ0v) is 9.87. The van der Waals surface area contributed by atoms with E-state index in [9.17, 15) is 0 Å².